The smallest absolute Gasteiger partial charge is 0.383 e. The normalized spacial score (nSPS) is 12.6. The number of alkyl halides is 3. The minimum atomic E-state index is -4.67. The molecule has 5 aromatic rings. The first-order chi connectivity index (χ1) is 18.5. The van der Waals surface area contributed by atoms with Gasteiger partial charge in [-0.15, -0.1) is 4.99 Å². The van der Waals surface area contributed by atoms with Gasteiger partial charge in [0.05, 0.1) is 56.9 Å². The third kappa shape index (κ3) is 4.22. The SMILES string of the molecule is Cn1/c(=N\C#N)n(-c2ccc(C(C)(C)C#N)nc2)c2c3nc(-c4cnc(N)c(C(F)(F)F)c4)ccc3ccc21. The van der Waals surface area contributed by atoms with Gasteiger partial charge in [0.15, 0.2) is 0 Å². The summed E-state index contributed by atoms with van der Waals surface area (Å²) >= 11 is 0. The van der Waals surface area contributed by atoms with Crippen molar-refractivity contribution in [2.24, 2.45) is 12.0 Å². The van der Waals surface area contributed by atoms with E-state index in [1.165, 1.54) is 6.20 Å². The van der Waals surface area contributed by atoms with Gasteiger partial charge in [0.2, 0.25) is 11.8 Å². The maximum absolute atomic E-state index is 13.5. The molecule has 194 valence electrons. The zero-order valence-electron chi connectivity index (χ0n) is 21.0. The summed E-state index contributed by atoms with van der Waals surface area (Å²) in [4.78, 5) is 17.0. The van der Waals surface area contributed by atoms with Crippen LogP contribution >= 0.6 is 0 Å². The number of anilines is 1. The summed E-state index contributed by atoms with van der Waals surface area (Å²) in [5.41, 5.74) is 7.14. The predicted octanol–water partition coefficient (Wildman–Crippen LogP) is 4.76. The van der Waals surface area contributed by atoms with Crippen LogP contribution in [0.25, 0.3) is 38.9 Å². The number of pyridine rings is 3. The monoisotopic (exact) mass is 527 g/mol. The molecule has 0 saturated heterocycles. The lowest BCUT2D eigenvalue weighted by atomic mass is 9.91. The van der Waals surface area contributed by atoms with Gasteiger partial charge in [-0.05, 0) is 44.2 Å². The van der Waals surface area contributed by atoms with E-state index in [0.29, 0.717) is 33.3 Å². The number of aryl methyl sites for hydroxylation is 1. The molecule has 0 amide bonds. The number of nitrogen functional groups attached to an aromatic ring is 1. The summed E-state index contributed by atoms with van der Waals surface area (Å²) in [7, 11) is 1.74. The van der Waals surface area contributed by atoms with Crippen molar-refractivity contribution < 1.29 is 13.2 Å². The maximum atomic E-state index is 13.5. The molecule has 4 aromatic heterocycles. The average Bonchev–Trinajstić information content (AvgIpc) is 3.20. The number of rotatable bonds is 3. The molecule has 0 aliphatic heterocycles. The van der Waals surface area contributed by atoms with E-state index < -0.39 is 23.0 Å². The van der Waals surface area contributed by atoms with Crippen LogP contribution in [0.1, 0.15) is 25.1 Å². The van der Waals surface area contributed by atoms with Crippen LogP contribution in [0.5, 0.6) is 0 Å². The topological polar surface area (TPSA) is 134 Å². The average molecular weight is 528 g/mol. The molecule has 0 aliphatic rings. The Morgan fingerprint density at radius 2 is 1.74 bits per heavy atom. The van der Waals surface area contributed by atoms with E-state index in [1.54, 1.807) is 60.5 Å². The van der Waals surface area contributed by atoms with Gasteiger partial charge in [-0.25, -0.2) is 9.97 Å². The van der Waals surface area contributed by atoms with Crippen LogP contribution in [-0.2, 0) is 18.6 Å². The van der Waals surface area contributed by atoms with E-state index in [1.807, 2.05) is 18.3 Å². The van der Waals surface area contributed by atoms with Crippen molar-refractivity contribution in [3.63, 3.8) is 0 Å². The minimum absolute atomic E-state index is 0.143. The molecule has 0 aliphatic carbocycles. The molecule has 0 bridgehead atoms. The fourth-order valence-electron chi connectivity index (χ4n) is 4.37. The Bertz CT molecular complexity index is 1920. The van der Waals surface area contributed by atoms with Gasteiger partial charge in [0.25, 0.3) is 0 Å². The van der Waals surface area contributed by atoms with E-state index in [-0.39, 0.29) is 16.9 Å². The standard InChI is InChI=1S/C27H20F3N9/c1-26(2,13-31)21-9-6-17(12-34-21)39-23-20(38(3)25(39)36-14-32)8-5-15-4-7-19(37-22(15)23)16-10-18(27(28,29)30)24(33)35-11-16/h4-12H,1-3H3,(H2,33,35)/b36-25+. The summed E-state index contributed by atoms with van der Waals surface area (Å²) in [5.74, 6) is -0.617. The lowest BCUT2D eigenvalue weighted by Crippen LogP contribution is -2.23. The van der Waals surface area contributed by atoms with Crippen molar-refractivity contribution in [1.29, 1.82) is 10.5 Å². The Balaban J connectivity index is 1.82. The molecule has 0 radical (unpaired) electrons. The Morgan fingerprint density at radius 3 is 2.38 bits per heavy atom. The fraction of sp³-hybridized carbons (Fsp3) is 0.185. The number of hydrogen-bond donors (Lipinski definition) is 1. The van der Waals surface area contributed by atoms with Crippen LogP contribution < -0.4 is 11.4 Å². The summed E-state index contributed by atoms with van der Waals surface area (Å²) in [5, 5.41) is 19.6. The van der Waals surface area contributed by atoms with Gasteiger partial charge in [0, 0.05) is 24.2 Å². The van der Waals surface area contributed by atoms with E-state index in [9.17, 15) is 23.7 Å². The maximum Gasteiger partial charge on any atom is 0.419 e. The van der Waals surface area contributed by atoms with Crippen molar-refractivity contribution in [3.8, 4) is 29.2 Å². The minimum Gasteiger partial charge on any atom is -0.383 e. The zero-order chi connectivity index (χ0) is 28.1. The Hall–Kier alpha value is -5.23. The molecule has 5 rings (SSSR count). The van der Waals surface area contributed by atoms with Gasteiger partial charge in [-0.2, -0.15) is 23.7 Å². The van der Waals surface area contributed by atoms with Crippen LogP contribution in [0, 0.1) is 22.8 Å². The number of nitriles is 2. The molecule has 0 saturated carbocycles. The molecule has 4 heterocycles. The summed E-state index contributed by atoms with van der Waals surface area (Å²) in [6, 6.07) is 13.7. The second kappa shape index (κ2) is 8.96. The third-order valence-corrected chi connectivity index (χ3v) is 6.49. The summed E-state index contributed by atoms with van der Waals surface area (Å²) in [6.45, 7) is 3.51. The van der Waals surface area contributed by atoms with Crippen LogP contribution in [0.2, 0.25) is 0 Å². The molecule has 9 nitrogen and oxygen atoms in total. The number of imidazole rings is 1. The number of benzene rings is 1. The summed E-state index contributed by atoms with van der Waals surface area (Å²) < 4.78 is 43.9. The van der Waals surface area contributed by atoms with Crippen LogP contribution in [-0.4, -0.2) is 24.1 Å². The Labute approximate surface area is 219 Å². The van der Waals surface area contributed by atoms with E-state index >= 15 is 0 Å². The highest BCUT2D eigenvalue weighted by atomic mass is 19.4. The number of nitrogens with two attached hydrogens (primary N) is 1. The predicted molar refractivity (Wildman–Crippen MR) is 138 cm³/mol. The lowest BCUT2D eigenvalue weighted by molar-refractivity contribution is -0.137. The van der Waals surface area contributed by atoms with Crippen LogP contribution in [0.15, 0.2) is 59.9 Å². The second-order valence-corrected chi connectivity index (χ2v) is 9.40. The van der Waals surface area contributed by atoms with E-state index in [2.05, 4.69) is 21.0 Å². The molecule has 39 heavy (non-hydrogen) atoms. The molecular formula is C27H20F3N9. The summed E-state index contributed by atoms with van der Waals surface area (Å²) in [6.07, 6.45) is -0.0297. The number of hydrogen-bond acceptors (Lipinski definition) is 7. The zero-order valence-corrected chi connectivity index (χ0v) is 21.0. The van der Waals surface area contributed by atoms with Crippen molar-refractivity contribution in [2.75, 3.05) is 5.73 Å². The largest absolute Gasteiger partial charge is 0.419 e. The van der Waals surface area contributed by atoms with Crippen LogP contribution in [0.3, 0.4) is 0 Å². The van der Waals surface area contributed by atoms with Gasteiger partial charge in [-0.1, -0.05) is 12.1 Å². The fourth-order valence-corrected chi connectivity index (χ4v) is 4.37. The van der Waals surface area contributed by atoms with Gasteiger partial charge in [-0.3, -0.25) is 9.55 Å². The first-order valence-electron chi connectivity index (χ1n) is 11.6. The highest BCUT2D eigenvalue weighted by Gasteiger charge is 2.34. The van der Waals surface area contributed by atoms with E-state index in [4.69, 9.17) is 10.7 Å². The molecule has 2 N–H and O–H groups in total. The van der Waals surface area contributed by atoms with Gasteiger partial charge in [0.1, 0.15) is 5.82 Å². The first-order valence-corrected chi connectivity index (χ1v) is 11.6. The molecular weight excluding hydrogens is 507 g/mol. The second-order valence-electron chi connectivity index (χ2n) is 9.40. The Kier molecular flexibility index (Phi) is 5.84. The molecule has 0 atom stereocenters. The molecule has 1 aromatic carbocycles. The van der Waals surface area contributed by atoms with Crippen molar-refractivity contribution in [1.82, 2.24) is 24.1 Å². The number of halogens is 3. The molecule has 0 spiro atoms. The number of aromatic nitrogens is 5. The molecule has 12 heteroatoms. The van der Waals surface area contributed by atoms with E-state index in [0.717, 1.165) is 6.07 Å². The van der Waals surface area contributed by atoms with Gasteiger partial charge >= 0.3 is 6.18 Å². The third-order valence-electron chi connectivity index (χ3n) is 6.49. The van der Waals surface area contributed by atoms with Crippen molar-refractivity contribution in [3.05, 3.63) is 71.7 Å². The lowest BCUT2D eigenvalue weighted by Gasteiger charge is -2.15. The van der Waals surface area contributed by atoms with Crippen molar-refractivity contribution >= 4 is 27.8 Å². The number of nitrogens with zero attached hydrogens (tertiary/aromatic N) is 8. The van der Waals surface area contributed by atoms with Crippen LogP contribution in [0.4, 0.5) is 19.0 Å². The molecule has 0 fully saturated rings. The highest BCUT2D eigenvalue weighted by Crippen LogP contribution is 2.35. The first kappa shape index (κ1) is 25.4. The molecule has 0 unspecified atom stereocenters. The van der Waals surface area contributed by atoms with Gasteiger partial charge < -0.3 is 10.3 Å². The quantitative estimate of drug-likeness (QED) is 0.336. The Morgan fingerprint density at radius 1 is 1.00 bits per heavy atom. The highest BCUT2D eigenvalue weighted by molar-refractivity contribution is 6.03. The number of fused-ring (bicyclic) bond motifs is 3. The van der Waals surface area contributed by atoms with Crippen molar-refractivity contribution in [2.45, 2.75) is 25.4 Å².